The van der Waals surface area contributed by atoms with E-state index in [4.69, 9.17) is 11.6 Å². The summed E-state index contributed by atoms with van der Waals surface area (Å²) < 4.78 is 2.10. The number of H-pyrrole nitrogens is 1. The number of fused-ring (bicyclic) bond motifs is 1. The van der Waals surface area contributed by atoms with E-state index in [0.29, 0.717) is 11.6 Å². The number of hydrogen-bond donors (Lipinski definition) is 1. The summed E-state index contributed by atoms with van der Waals surface area (Å²) in [5.41, 5.74) is 4.46. The van der Waals surface area contributed by atoms with Crippen molar-refractivity contribution in [1.82, 2.24) is 29.6 Å². The molecule has 0 saturated carbocycles. The first-order chi connectivity index (χ1) is 16.2. The van der Waals surface area contributed by atoms with Gasteiger partial charge in [-0.05, 0) is 60.5 Å². The zero-order chi connectivity index (χ0) is 22.6. The maximum atomic E-state index is 6.31. The summed E-state index contributed by atoms with van der Waals surface area (Å²) >= 11 is 7.96. The fourth-order valence-electron chi connectivity index (χ4n) is 3.80. The fraction of sp³-hybridized carbons (Fsp3) is 0.160. The number of nitrogens with one attached hydrogen (secondary N) is 1. The van der Waals surface area contributed by atoms with Gasteiger partial charge in [-0.2, -0.15) is 0 Å². The van der Waals surface area contributed by atoms with Crippen molar-refractivity contribution in [3.05, 3.63) is 101 Å². The Morgan fingerprint density at radius 3 is 2.64 bits per heavy atom. The average Bonchev–Trinajstić information content (AvgIpc) is 3.41. The van der Waals surface area contributed by atoms with Crippen LogP contribution in [0.15, 0.2) is 84.3 Å². The van der Waals surface area contributed by atoms with Crippen LogP contribution in [0, 0.1) is 0 Å². The minimum Gasteiger partial charge on any atom is -0.357 e. The minimum atomic E-state index is 0.644. The molecule has 0 aliphatic rings. The molecule has 0 bridgehead atoms. The molecule has 0 saturated heterocycles. The van der Waals surface area contributed by atoms with Crippen LogP contribution in [0.1, 0.15) is 17.1 Å². The second-order valence-electron chi connectivity index (χ2n) is 7.91. The molecule has 5 rings (SSSR count). The molecular weight excluding hydrogens is 452 g/mol. The van der Waals surface area contributed by atoms with Crippen LogP contribution < -0.4 is 0 Å². The quantitative estimate of drug-likeness (QED) is 0.291. The molecule has 6 nitrogen and oxygen atoms in total. The molecule has 0 fully saturated rings. The van der Waals surface area contributed by atoms with Gasteiger partial charge in [-0.15, -0.1) is 10.2 Å². The number of pyridine rings is 1. The second kappa shape index (κ2) is 9.79. The van der Waals surface area contributed by atoms with Crippen molar-refractivity contribution in [1.29, 1.82) is 0 Å². The Morgan fingerprint density at radius 2 is 1.82 bits per heavy atom. The molecule has 0 unspecified atom stereocenters. The predicted molar refractivity (Wildman–Crippen MR) is 134 cm³/mol. The molecule has 3 heterocycles. The van der Waals surface area contributed by atoms with E-state index in [1.54, 1.807) is 11.8 Å². The molecule has 8 heteroatoms. The summed E-state index contributed by atoms with van der Waals surface area (Å²) in [6.07, 6.45) is 3.62. The molecule has 0 aliphatic carbocycles. The fourth-order valence-corrected chi connectivity index (χ4v) is 4.92. The van der Waals surface area contributed by atoms with E-state index in [1.165, 1.54) is 16.6 Å². The lowest BCUT2D eigenvalue weighted by atomic mass is 10.2. The molecule has 33 heavy (non-hydrogen) atoms. The van der Waals surface area contributed by atoms with Crippen molar-refractivity contribution in [3.63, 3.8) is 0 Å². The van der Waals surface area contributed by atoms with Crippen LogP contribution in [0.3, 0.4) is 0 Å². The highest BCUT2D eigenvalue weighted by Gasteiger charge is 2.17. The first kappa shape index (κ1) is 21.7. The number of aromatic nitrogens is 5. The lowest BCUT2D eigenvalue weighted by Crippen LogP contribution is -2.20. The molecule has 0 aliphatic heterocycles. The number of nitrogens with zero attached hydrogens (tertiary/aromatic N) is 5. The zero-order valence-corrected chi connectivity index (χ0v) is 19.7. The third kappa shape index (κ3) is 5.11. The third-order valence-electron chi connectivity index (χ3n) is 5.32. The molecule has 3 aromatic heterocycles. The van der Waals surface area contributed by atoms with Crippen LogP contribution in [0.4, 0.5) is 0 Å². The van der Waals surface area contributed by atoms with Crippen molar-refractivity contribution in [2.45, 2.75) is 24.0 Å². The SMILES string of the molecule is CN(Cc1cc2ccccc2[nH]1)Cc1nnc(SCc2ccncc2)n1-c1cccc(Cl)c1. The summed E-state index contributed by atoms with van der Waals surface area (Å²) in [4.78, 5) is 9.82. The van der Waals surface area contributed by atoms with Crippen LogP contribution in [-0.4, -0.2) is 36.7 Å². The highest BCUT2D eigenvalue weighted by Crippen LogP contribution is 2.27. The molecule has 0 radical (unpaired) electrons. The third-order valence-corrected chi connectivity index (χ3v) is 6.56. The monoisotopic (exact) mass is 474 g/mol. The number of benzene rings is 2. The predicted octanol–water partition coefficient (Wildman–Crippen LogP) is 5.72. The van der Waals surface area contributed by atoms with Crippen LogP contribution in [-0.2, 0) is 18.8 Å². The Labute approximate surface area is 201 Å². The number of thioether (sulfide) groups is 1. The van der Waals surface area contributed by atoms with Gasteiger partial charge in [0, 0.05) is 40.9 Å². The van der Waals surface area contributed by atoms with Gasteiger partial charge >= 0.3 is 0 Å². The topological polar surface area (TPSA) is 62.6 Å². The van der Waals surface area contributed by atoms with Gasteiger partial charge in [-0.3, -0.25) is 14.5 Å². The summed E-state index contributed by atoms with van der Waals surface area (Å²) in [5.74, 6) is 1.65. The highest BCUT2D eigenvalue weighted by molar-refractivity contribution is 7.98. The lowest BCUT2D eigenvalue weighted by Gasteiger charge is -2.17. The summed E-state index contributed by atoms with van der Waals surface area (Å²) in [5, 5.41) is 11.8. The molecule has 2 aromatic carbocycles. The van der Waals surface area contributed by atoms with Gasteiger partial charge in [0.25, 0.3) is 0 Å². The van der Waals surface area contributed by atoms with Crippen molar-refractivity contribution in [2.24, 2.45) is 0 Å². The lowest BCUT2D eigenvalue weighted by molar-refractivity contribution is 0.305. The van der Waals surface area contributed by atoms with E-state index in [2.05, 4.69) is 60.9 Å². The van der Waals surface area contributed by atoms with Crippen LogP contribution in [0.5, 0.6) is 0 Å². The van der Waals surface area contributed by atoms with Crippen LogP contribution >= 0.6 is 23.4 Å². The maximum Gasteiger partial charge on any atom is 0.196 e. The molecule has 0 spiro atoms. The number of para-hydroxylation sites is 1. The van der Waals surface area contributed by atoms with Gasteiger partial charge in [-0.25, -0.2) is 0 Å². The van der Waals surface area contributed by atoms with E-state index in [1.807, 2.05) is 54.9 Å². The Kier molecular flexibility index (Phi) is 6.44. The molecule has 5 aromatic rings. The van der Waals surface area contributed by atoms with E-state index in [9.17, 15) is 0 Å². The van der Waals surface area contributed by atoms with Gasteiger partial charge in [0.15, 0.2) is 11.0 Å². The van der Waals surface area contributed by atoms with Gasteiger partial charge < -0.3 is 4.98 Å². The average molecular weight is 475 g/mol. The minimum absolute atomic E-state index is 0.644. The smallest absolute Gasteiger partial charge is 0.196 e. The molecule has 166 valence electrons. The Balaban J connectivity index is 1.39. The summed E-state index contributed by atoms with van der Waals surface area (Å²) in [7, 11) is 2.09. The van der Waals surface area contributed by atoms with Gasteiger partial charge in [0.2, 0.25) is 0 Å². The molecule has 1 N–H and O–H groups in total. The molecular formula is C25H23ClN6S. The van der Waals surface area contributed by atoms with Crippen LogP contribution in [0.25, 0.3) is 16.6 Å². The van der Waals surface area contributed by atoms with Crippen molar-refractivity contribution >= 4 is 34.3 Å². The van der Waals surface area contributed by atoms with Crippen molar-refractivity contribution in [3.8, 4) is 5.69 Å². The van der Waals surface area contributed by atoms with E-state index >= 15 is 0 Å². The number of aromatic amines is 1. The van der Waals surface area contributed by atoms with E-state index < -0.39 is 0 Å². The van der Waals surface area contributed by atoms with E-state index in [-0.39, 0.29) is 0 Å². The molecule has 0 atom stereocenters. The number of halogens is 1. The summed E-state index contributed by atoms with van der Waals surface area (Å²) in [6, 6.07) is 22.4. The summed E-state index contributed by atoms with van der Waals surface area (Å²) in [6.45, 7) is 1.42. The number of rotatable bonds is 8. The standard InChI is InChI=1S/C25H23ClN6S/c1-31(15-21-13-19-5-2-3-8-23(19)28-21)16-24-29-30-25(33-17-18-9-11-27-12-10-18)32(24)22-7-4-6-20(26)14-22/h2-14,28H,15-17H2,1H3. The Morgan fingerprint density at radius 1 is 0.970 bits per heavy atom. The van der Waals surface area contributed by atoms with Crippen molar-refractivity contribution in [2.75, 3.05) is 7.05 Å². The molecule has 0 amide bonds. The van der Waals surface area contributed by atoms with Gasteiger partial charge in [0.05, 0.1) is 12.2 Å². The first-order valence-corrected chi connectivity index (χ1v) is 12.0. The highest BCUT2D eigenvalue weighted by atomic mass is 35.5. The van der Waals surface area contributed by atoms with Crippen molar-refractivity contribution < 1.29 is 0 Å². The van der Waals surface area contributed by atoms with E-state index in [0.717, 1.165) is 34.5 Å². The second-order valence-corrected chi connectivity index (χ2v) is 9.29. The largest absolute Gasteiger partial charge is 0.357 e. The van der Waals surface area contributed by atoms with Gasteiger partial charge in [-0.1, -0.05) is 47.6 Å². The Hall–Kier alpha value is -3.13. The van der Waals surface area contributed by atoms with Crippen LogP contribution in [0.2, 0.25) is 5.02 Å². The normalized spacial score (nSPS) is 11.5. The van der Waals surface area contributed by atoms with Gasteiger partial charge in [0.1, 0.15) is 0 Å². The zero-order valence-electron chi connectivity index (χ0n) is 18.1. The first-order valence-electron chi connectivity index (χ1n) is 10.6. The maximum absolute atomic E-state index is 6.31. The Bertz CT molecular complexity index is 1330. The number of hydrogen-bond acceptors (Lipinski definition) is 5.